The summed E-state index contributed by atoms with van der Waals surface area (Å²) in [5.74, 6) is 2.04. The number of rotatable bonds is 5. The lowest BCUT2D eigenvalue weighted by Crippen LogP contribution is -2.01. The van der Waals surface area contributed by atoms with Crippen LogP contribution in [-0.4, -0.2) is 53.9 Å². The molecule has 0 saturated carbocycles. The van der Waals surface area contributed by atoms with Crippen LogP contribution in [0.3, 0.4) is 0 Å². The van der Waals surface area contributed by atoms with Gasteiger partial charge in [-0.25, -0.2) is 14.5 Å². The molecule has 0 radical (unpaired) electrons. The van der Waals surface area contributed by atoms with E-state index >= 15 is 0 Å². The van der Waals surface area contributed by atoms with Gasteiger partial charge in [0.1, 0.15) is 12.0 Å². The van der Waals surface area contributed by atoms with Crippen LogP contribution >= 0.6 is 11.8 Å². The zero-order valence-electron chi connectivity index (χ0n) is 16.5. The van der Waals surface area contributed by atoms with E-state index in [9.17, 15) is 0 Å². The number of fused-ring (bicyclic) bond motifs is 3. The molecule has 0 aromatic carbocycles. The van der Waals surface area contributed by atoms with Crippen molar-refractivity contribution in [1.82, 2.24) is 53.9 Å². The molecule has 0 fully saturated rings. The molecule has 11 nitrogen and oxygen atoms in total. The minimum atomic E-state index is 0.572. The largest absolute Gasteiger partial charge is 0.301 e. The molecular formula is C17H19N11S. The number of nitrogens with zero attached hydrogens (tertiary/aromatic N) is 11. The van der Waals surface area contributed by atoms with Crippen LogP contribution in [0, 0.1) is 6.92 Å². The molecule has 5 aromatic heterocycles. The Morgan fingerprint density at radius 1 is 1.07 bits per heavy atom. The summed E-state index contributed by atoms with van der Waals surface area (Å²) in [7, 11) is 3.78. The van der Waals surface area contributed by atoms with E-state index in [1.807, 2.05) is 31.8 Å². The van der Waals surface area contributed by atoms with Crippen molar-refractivity contribution < 1.29 is 0 Å². The van der Waals surface area contributed by atoms with Gasteiger partial charge in [-0.1, -0.05) is 11.8 Å². The topological polar surface area (TPSA) is 109 Å². The minimum Gasteiger partial charge on any atom is -0.301 e. The number of aryl methyl sites for hydroxylation is 3. The molecule has 12 heteroatoms. The highest BCUT2D eigenvalue weighted by molar-refractivity contribution is 7.98. The molecule has 5 rings (SSSR count). The molecule has 0 bridgehead atoms. The van der Waals surface area contributed by atoms with Gasteiger partial charge in [0.05, 0.1) is 17.3 Å². The molecule has 0 amide bonds. The molecule has 0 aliphatic rings. The van der Waals surface area contributed by atoms with Crippen molar-refractivity contribution in [3.05, 3.63) is 30.1 Å². The lowest BCUT2D eigenvalue weighted by atomic mass is 10.3. The first-order chi connectivity index (χ1) is 14.0. The van der Waals surface area contributed by atoms with Gasteiger partial charge in [0.25, 0.3) is 0 Å². The summed E-state index contributed by atoms with van der Waals surface area (Å²) in [4.78, 5) is 9.06. The van der Waals surface area contributed by atoms with Crippen LogP contribution in [0.2, 0.25) is 0 Å². The van der Waals surface area contributed by atoms with Crippen molar-refractivity contribution in [1.29, 1.82) is 0 Å². The van der Waals surface area contributed by atoms with Gasteiger partial charge in [-0.2, -0.15) is 10.2 Å². The molecule has 148 valence electrons. The van der Waals surface area contributed by atoms with Gasteiger partial charge in [0.15, 0.2) is 28.1 Å². The second kappa shape index (κ2) is 6.65. The number of hydrogen-bond donors (Lipinski definition) is 0. The summed E-state index contributed by atoms with van der Waals surface area (Å²) < 4.78 is 7.31. The Kier molecular flexibility index (Phi) is 4.08. The van der Waals surface area contributed by atoms with Crippen molar-refractivity contribution in [3.8, 4) is 11.5 Å². The summed E-state index contributed by atoms with van der Waals surface area (Å²) in [5.41, 5.74) is 3.43. The smallest absolute Gasteiger partial charge is 0.191 e. The molecule has 5 heterocycles. The highest BCUT2D eigenvalue weighted by atomic mass is 32.2. The Morgan fingerprint density at radius 3 is 2.69 bits per heavy atom. The lowest BCUT2D eigenvalue weighted by molar-refractivity contribution is 0.681. The van der Waals surface area contributed by atoms with Gasteiger partial charge < -0.3 is 4.57 Å². The molecule has 0 atom stereocenters. The van der Waals surface area contributed by atoms with Gasteiger partial charge in [0.2, 0.25) is 0 Å². The van der Waals surface area contributed by atoms with Crippen molar-refractivity contribution in [2.75, 3.05) is 0 Å². The van der Waals surface area contributed by atoms with E-state index in [0.717, 1.165) is 45.6 Å². The summed E-state index contributed by atoms with van der Waals surface area (Å²) in [6.45, 7) is 4.84. The Morgan fingerprint density at radius 2 is 1.93 bits per heavy atom. The molecule has 0 aliphatic heterocycles. The van der Waals surface area contributed by atoms with Gasteiger partial charge in [-0.15, -0.1) is 15.3 Å². The predicted octanol–water partition coefficient (Wildman–Crippen LogP) is 1.62. The van der Waals surface area contributed by atoms with E-state index in [1.54, 1.807) is 33.5 Å². The SMILES string of the molecule is CCn1c(SCc2nc3c4cnn(C)c4ncn3n2)nnc1-c1cc(C)n(C)n1. The zero-order chi connectivity index (χ0) is 20.1. The van der Waals surface area contributed by atoms with E-state index in [2.05, 4.69) is 47.0 Å². The Hall–Kier alpha value is -3.28. The molecule has 0 spiro atoms. The fourth-order valence-electron chi connectivity index (χ4n) is 3.21. The Balaban J connectivity index is 1.43. The predicted molar refractivity (Wildman–Crippen MR) is 107 cm³/mol. The second-order valence-electron chi connectivity index (χ2n) is 6.68. The summed E-state index contributed by atoms with van der Waals surface area (Å²) in [6, 6.07) is 2.01. The third-order valence-corrected chi connectivity index (χ3v) is 5.78. The van der Waals surface area contributed by atoms with Crippen molar-refractivity contribution in [3.63, 3.8) is 0 Å². The average Bonchev–Trinajstić information content (AvgIpc) is 3.46. The second-order valence-corrected chi connectivity index (χ2v) is 7.62. The van der Waals surface area contributed by atoms with Gasteiger partial charge in [-0.3, -0.25) is 9.36 Å². The normalized spacial score (nSPS) is 11.9. The number of thioether (sulfide) groups is 1. The quantitative estimate of drug-likeness (QED) is 0.403. The zero-order valence-corrected chi connectivity index (χ0v) is 17.3. The highest BCUT2D eigenvalue weighted by Gasteiger charge is 2.17. The first-order valence-electron chi connectivity index (χ1n) is 9.14. The third-order valence-electron chi connectivity index (χ3n) is 4.82. The summed E-state index contributed by atoms with van der Waals surface area (Å²) in [6.07, 6.45) is 3.43. The first kappa shape index (κ1) is 17.8. The maximum absolute atomic E-state index is 4.67. The van der Waals surface area contributed by atoms with E-state index in [-0.39, 0.29) is 0 Å². The minimum absolute atomic E-state index is 0.572. The van der Waals surface area contributed by atoms with Crippen LogP contribution in [0.5, 0.6) is 0 Å². The maximum atomic E-state index is 4.67. The monoisotopic (exact) mass is 409 g/mol. The molecule has 0 unspecified atom stereocenters. The van der Waals surface area contributed by atoms with Gasteiger partial charge in [0, 0.05) is 26.3 Å². The molecule has 0 aliphatic carbocycles. The van der Waals surface area contributed by atoms with Crippen molar-refractivity contribution in [2.24, 2.45) is 14.1 Å². The fourth-order valence-corrected chi connectivity index (χ4v) is 4.06. The molecule has 5 aromatic rings. The lowest BCUT2D eigenvalue weighted by Gasteiger charge is -2.04. The Bertz CT molecular complexity index is 1320. The van der Waals surface area contributed by atoms with E-state index in [1.165, 1.54) is 0 Å². The Labute approximate surface area is 169 Å². The van der Waals surface area contributed by atoms with Crippen LogP contribution in [0.25, 0.3) is 28.2 Å². The molecule has 29 heavy (non-hydrogen) atoms. The van der Waals surface area contributed by atoms with E-state index < -0.39 is 0 Å². The first-order valence-corrected chi connectivity index (χ1v) is 10.1. The molecular weight excluding hydrogens is 390 g/mol. The maximum Gasteiger partial charge on any atom is 0.191 e. The summed E-state index contributed by atoms with van der Waals surface area (Å²) >= 11 is 1.55. The fraction of sp³-hybridized carbons (Fsp3) is 0.353. The van der Waals surface area contributed by atoms with E-state index in [0.29, 0.717) is 11.6 Å². The number of aromatic nitrogens is 11. The van der Waals surface area contributed by atoms with Crippen molar-refractivity contribution in [2.45, 2.75) is 31.3 Å². The van der Waals surface area contributed by atoms with Crippen LogP contribution < -0.4 is 0 Å². The number of hydrogen-bond acceptors (Lipinski definition) is 8. The third kappa shape index (κ3) is 2.87. The molecule has 0 saturated heterocycles. The summed E-state index contributed by atoms with van der Waals surface area (Å²) in [5, 5.41) is 23.7. The van der Waals surface area contributed by atoms with Crippen LogP contribution in [-0.2, 0) is 26.4 Å². The van der Waals surface area contributed by atoms with Crippen LogP contribution in [0.1, 0.15) is 18.4 Å². The van der Waals surface area contributed by atoms with Gasteiger partial charge in [-0.05, 0) is 19.9 Å². The standard InChI is InChI=1S/C17H19N11S/c1-5-27-16(12-6-10(2)25(3)23-12)21-22-17(27)29-8-13-20-15-11-7-19-26(4)14(11)18-9-28(15)24-13/h6-7,9H,5,8H2,1-4H3. The van der Waals surface area contributed by atoms with Crippen LogP contribution in [0.4, 0.5) is 0 Å². The van der Waals surface area contributed by atoms with Crippen molar-refractivity contribution >= 4 is 28.4 Å². The highest BCUT2D eigenvalue weighted by Crippen LogP contribution is 2.26. The van der Waals surface area contributed by atoms with E-state index in [4.69, 9.17) is 0 Å². The van der Waals surface area contributed by atoms with Crippen LogP contribution in [0.15, 0.2) is 23.7 Å². The average molecular weight is 409 g/mol. The van der Waals surface area contributed by atoms with Gasteiger partial charge >= 0.3 is 0 Å². The molecule has 0 N–H and O–H groups in total.